The average molecular weight is 292 g/mol. The number of aryl methyl sites for hydroxylation is 2. The fourth-order valence-electron chi connectivity index (χ4n) is 3.20. The molecular formula is C16H18F2N2O. The van der Waals surface area contributed by atoms with E-state index in [-0.39, 0.29) is 6.04 Å². The molecule has 3 rings (SSSR count). The van der Waals surface area contributed by atoms with Crippen LogP contribution in [-0.2, 0) is 6.54 Å². The number of hydrogen-bond donors (Lipinski definition) is 0. The van der Waals surface area contributed by atoms with Crippen molar-refractivity contribution in [1.29, 1.82) is 0 Å². The number of rotatable bonds is 3. The van der Waals surface area contributed by atoms with Crippen LogP contribution in [0.25, 0.3) is 0 Å². The van der Waals surface area contributed by atoms with E-state index >= 15 is 0 Å². The highest BCUT2D eigenvalue weighted by Crippen LogP contribution is 2.36. The Kier molecular flexibility index (Phi) is 3.76. The summed E-state index contributed by atoms with van der Waals surface area (Å²) < 4.78 is 32.4. The van der Waals surface area contributed by atoms with Crippen molar-refractivity contribution in [2.24, 2.45) is 0 Å². The van der Waals surface area contributed by atoms with E-state index in [2.05, 4.69) is 10.1 Å². The molecule has 1 aliphatic rings. The van der Waals surface area contributed by atoms with Gasteiger partial charge in [-0.05, 0) is 39.3 Å². The summed E-state index contributed by atoms with van der Waals surface area (Å²) in [4.78, 5) is 2.17. The standard InChI is InChI=1S/C16H18F2N2O/c1-10-15(11(2)21-19-10)14-7-4-8-20(14)9-12-5-3-6-13(17)16(12)18/h3,5-6,14H,4,7-9H2,1-2H3/t14-/m1/s1. The molecule has 0 bridgehead atoms. The van der Waals surface area contributed by atoms with Crippen molar-refractivity contribution in [3.05, 3.63) is 52.4 Å². The zero-order valence-electron chi connectivity index (χ0n) is 12.2. The van der Waals surface area contributed by atoms with Crippen LogP contribution >= 0.6 is 0 Å². The predicted octanol–water partition coefficient (Wildman–Crippen LogP) is 3.91. The third-order valence-corrected chi connectivity index (χ3v) is 4.19. The maximum Gasteiger partial charge on any atom is 0.163 e. The summed E-state index contributed by atoms with van der Waals surface area (Å²) in [5, 5.41) is 4.00. The lowest BCUT2D eigenvalue weighted by molar-refractivity contribution is 0.241. The van der Waals surface area contributed by atoms with Gasteiger partial charge in [-0.2, -0.15) is 0 Å². The summed E-state index contributed by atoms with van der Waals surface area (Å²) >= 11 is 0. The van der Waals surface area contributed by atoms with Gasteiger partial charge in [0, 0.05) is 23.7 Å². The van der Waals surface area contributed by atoms with Gasteiger partial charge in [-0.3, -0.25) is 4.90 Å². The molecule has 1 aromatic carbocycles. The smallest absolute Gasteiger partial charge is 0.163 e. The van der Waals surface area contributed by atoms with Crippen LogP contribution in [0.5, 0.6) is 0 Å². The minimum absolute atomic E-state index is 0.166. The Hall–Kier alpha value is -1.75. The first kappa shape index (κ1) is 14.2. The summed E-state index contributed by atoms with van der Waals surface area (Å²) in [5.41, 5.74) is 2.36. The molecule has 0 aliphatic carbocycles. The molecule has 5 heteroatoms. The molecule has 2 aromatic rings. The van der Waals surface area contributed by atoms with Crippen LogP contribution in [-0.4, -0.2) is 16.6 Å². The molecule has 1 aromatic heterocycles. The average Bonchev–Trinajstić information content (AvgIpc) is 3.02. The Morgan fingerprint density at radius 2 is 2.14 bits per heavy atom. The van der Waals surface area contributed by atoms with E-state index in [1.54, 1.807) is 12.1 Å². The Bertz CT molecular complexity index is 634. The second kappa shape index (κ2) is 5.56. The van der Waals surface area contributed by atoms with Crippen molar-refractivity contribution in [2.75, 3.05) is 6.54 Å². The van der Waals surface area contributed by atoms with Crippen molar-refractivity contribution < 1.29 is 13.3 Å². The molecule has 2 heterocycles. The molecule has 0 unspecified atom stereocenters. The minimum Gasteiger partial charge on any atom is -0.361 e. The van der Waals surface area contributed by atoms with Gasteiger partial charge in [0.25, 0.3) is 0 Å². The van der Waals surface area contributed by atoms with Gasteiger partial charge in [0.1, 0.15) is 5.76 Å². The van der Waals surface area contributed by atoms with Crippen LogP contribution in [0.15, 0.2) is 22.7 Å². The van der Waals surface area contributed by atoms with E-state index in [0.29, 0.717) is 12.1 Å². The van der Waals surface area contributed by atoms with E-state index in [0.717, 1.165) is 42.5 Å². The fraction of sp³-hybridized carbons (Fsp3) is 0.438. The first-order valence-electron chi connectivity index (χ1n) is 7.17. The van der Waals surface area contributed by atoms with Gasteiger partial charge in [0.15, 0.2) is 11.6 Å². The minimum atomic E-state index is -0.791. The maximum atomic E-state index is 13.9. The summed E-state index contributed by atoms with van der Waals surface area (Å²) in [5.74, 6) is -0.730. The number of halogens is 2. The van der Waals surface area contributed by atoms with Crippen molar-refractivity contribution in [2.45, 2.75) is 39.3 Å². The largest absolute Gasteiger partial charge is 0.361 e. The monoisotopic (exact) mass is 292 g/mol. The molecule has 0 amide bonds. The predicted molar refractivity (Wildman–Crippen MR) is 74.7 cm³/mol. The molecular weight excluding hydrogens is 274 g/mol. The molecule has 1 saturated heterocycles. The Morgan fingerprint density at radius 3 is 2.86 bits per heavy atom. The highest BCUT2D eigenvalue weighted by atomic mass is 19.2. The van der Waals surface area contributed by atoms with Crippen LogP contribution in [0.2, 0.25) is 0 Å². The van der Waals surface area contributed by atoms with E-state index in [1.165, 1.54) is 0 Å². The number of benzene rings is 1. The van der Waals surface area contributed by atoms with Gasteiger partial charge >= 0.3 is 0 Å². The third kappa shape index (κ3) is 2.58. The molecule has 112 valence electrons. The SMILES string of the molecule is Cc1noc(C)c1[C@H]1CCCN1Cc1cccc(F)c1F. The van der Waals surface area contributed by atoms with E-state index in [1.807, 2.05) is 13.8 Å². The zero-order chi connectivity index (χ0) is 15.0. The van der Waals surface area contributed by atoms with Crippen LogP contribution < -0.4 is 0 Å². The quantitative estimate of drug-likeness (QED) is 0.859. The lowest BCUT2D eigenvalue weighted by atomic mass is 10.0. The van der Waals surface area contributed by atoms with Crippen molar-refractivity contribution in [3.8, 4) is 0 Å². The highest BCUT2D eigenvalue weighted by Gasteiger charge is 2.31. The lowest BCUT2D eigenvalue weighted by Gasteiger charge is -2.24. The van der Waals surface area contributed by atoms with Gasteiger partial charge in [-0.1, -0.05) is 17.3 Å². The van der Waals surface area contributed by atoms with Gasteiger partial charge in [0.05, 0.1) is 5.69 Å². The van der Waals surface area contributed by atoms with Gasteiger partial charge in [0.2, 0.25) is 0 Å². The Labute approximate surface area is 122 Å². The van der Waals surface area contributed by atoms with Gasteiger partial charge < -0.3 is 4.52 Å². The second-order valence-corrected chi connectivity index (χ2v) is 5.58. The number of nitrogens with zero attached hydrogens (tertiary/aromatic N) is 2. The molecule has 1 aliphatic heterocycles. The molecule has 0 spiro atoms. The van der Waals surface area contributed by atoms with Gasteiger partial charge in [-0.25, -0.2) is 8.78 Å². The molecule has 21 heavy (non-hydrogen) atoms. The highest BCUT2D eigenvalue weighted by molar-refractivity contribution is 5.27. The molecule has 3 nitrogen and oxygen atoms in total. The van der Waals surface area contributed by atoms with Crippen molar-refractivity contribution >= 4 is 0 Å². The molecule has 1 atom stereocenters. The second-order valence-electron chi connectivity index (χ2n) is 5.58. The Morgan fingerprint density at radius 1 is 1.33 bits per heavy atom. The number of hydrogen-bond acceptors (Lipinski definition) is 3. The van der Waals surface area contributed by atoms with Crippen LogP contribution in [0, 0.1) is 25.5 Å². The first-order valence-corrected chi connectivity index (χ1v) is 7.17. The first-order chi connectivity index (χ1) is 10.1. The van der Waals surface area contributed by atoms with Crippen molar-refractivity contribution in [3.63, 3.8) is 0 Å². The Balaban J connectivity index is 1.87. The summed E-state index contributed by atoms with van der Waals surface area (Å²) in [6.45, 7) is 5.09. The normalized spacial score (nSPS) is 19.3. The van der Waals surface area contributed by atoms with E-state index < -0.39 is 11.6 Å². The van der Waals surface area contributed by atoms with Crippen molar-refractivity contribution in [1.82, 2.24) is 10.1 Å². The number of likely N-dealkylation sites (tertiary alicyclic amines) is 1. The zero-order valence-corrected chi connectivity index (χ0v) is 12.2. The van der Waals surface area contributed by atoms with Gasteiger partial charge in [-0.15, -0.1) is 0 Å². The number of aromatic nitrogens is 1. The molecule has 1 fully saturated rings. The fourth-order valence-corrected chi connectivity index (χ4v) is 3.20. The summed E-state index contributed by atoms with van der Waals surface area (Å²) in [6.07, 6.45) is 2.02. The van der Waals surface area contributed by atoms with E-state index in [4.69, 9.17) is 4.52 Å². The summed E-state index contributed by atoms with van der Waals surface area (Å²) in [6, 6.07) is 4.50. The maximum absolute atomic E-state index is 13.9. The van der Waals surface area contributed by atoms with Crippen LogP contribution in [0.3, 0.4) is 0 Å². The molecule has 0 saturated carbocycles. The third-order valence-electron chi connectivity index (χ3n) is 4.19. The lowest BCUT2D eigenvalue weighted by Crippen LogP contribution is -2.24. The molecule has 0 radical (unpaired) electrons. The molecule has 0 N–H and O–H groups in total. The summed E-state index contributed by atoms with van der Waals surface area (Å²) in [7, 11) is 0. The topological polar surface area (TPSA) is 29.3 Å². The van der Waals surface area contributed by atoms with Crippen LogP contribution in [0.1, 0.15) is 41.5 Å². The van der Waals surface area contributed by atoms with E-state index in [9.17, 15) is 8.78 Å². The van der Waals surface area contributed by atoms with Crippen LogP contribution in [0.4, 0.5) is 8.78 Å².